The number of aliphatic carboxylic acids is 1. The third-order valence-corrected chi connectivity index (χ3v) is 9.04. The van der Waals surface area contributed by atoms with E-state index in [4.69, 9.17) is 16.3 Å². The van der Waals surface area contributed by atoms with Crippen molar-refractivity contribution in [2.24, 2.45) is 0 Å². The van der Waals surface area contributed by atoms with E-state index in [1.807, 2.05) is 32.0 Å². The van der Waals surface area contributed by atoms with E-state index in [9.17, 15) is 37.5 Å². The van der Waals surface area contributed by atoms with Crippen molar-refractivity contribution in [1.82, 2.24) is 35.4 Å². The zero-order chi connectivity index (χ0) is 41.6. The minimum absolute atomic E-state index is 0.0450. The highest BCUT2D eigenvalue weighted by atomic mass is 35.5. The lowest BCUT2D eigenvalue weighted by atomic mass is 10.1. The fourth-order valence-corrected chi connectivity index (χ4v) is 5.91. The number of amides is 3. The van der Waals surface area contributed by atoms with Gasteiger partial charge < -0.3 is 36.4 Å². The average molecular weight is 821 g/mol. The molecule has 0 bridgehead atoms. The lowest BCUT2D eigenvalue weighted by molar-refractivity contribution is -0.154. The lowest BCUT2D eigenvalue weighted by Crippen LogP contribution is -2.44. The maximum atomic E-state index is 13.0. The molecule has 16 nitrogen and oxygen atoms in total. The molecule has 1 fully saturated rings. The van der Waals surface area contributed by atoms with Crippen molar-refractivity contribution in [2.75, 3.05) is 29.1 Å². The maximum Gasteiger partial charge on any atom is 0.422 e. The number of ether oxygens (including phenoxy) is 1. The third-order valence-electron chi connectivity index (χ3n) is 8.79. The molecule has 0 radical (unpaired) electrons. The van der Waals surface area contributed by atoms with Gasteiger partial charge in [0.2, 0.25) is 11.9 Å². The average Bonchev–Trinajstić information content (AvgIpc) is 3.87. The Morgan fingerprint density at radius 3 is 2.16 bits per heavy atom. The summed E-state index contributed by atoms with van der Waals surface area (Å²) in [6.07, 6.45) is -3.50. The molecule has 58 heavy (non-hydrogen) atoms. The van der Waals surface area contributed by atoms with Gasteiger partial charge in [0.25, 0.3) is 5.91 Å². The number of aromatic nitrogens is 5. The van der Waals surface area contributed by atoms with Gasteiger partial charge in [-0.1, -0.05) is 23.7 Å². The Labute approximate surface area is 333 Å². The number of hydrogen-bond acceptors (Lipinski definition) is 11. The van der Waals surface area contributed by atoms with E-state index >= 15 is 0 Å². The van der Waals surface area contributed by atoms with Crippen molar-refractivity contribution >= 4 is 58.6 Å². The second kappa shape index (κ2) is 17.2. The van der Waals surface area contributed by atoms with E-state index in [0.29, 0.717) is 29.2 Å². The molecule has 5 aromatic rings. The molecule has 1 aliphatic rings. The van der Waals surface area contributed by atoms with Gasteiger partial charge in [-0.25, -0.2) is 9.48 Å². The van der Waals surface area contributed by atoms with Crippen LogP contribution in [0.4, 0.5) is 36.4 Å². The number of rotatable bonds is 15. The molecule has 1 atom stereocenters. The molecule has 0 saturated heterocycles. The maximum absolute atomic E-state index is 13.0. The number of carboxylic acid groups (broad SMARTS) is 1. The highest BCUT2D eigenvalue weighted by Crippen LogP contribution is 2.48. The van der Waals surface area contributed by atoms with E-state index in [-0.39, 0.29) is 30.4 Å². The second-order valence-corrected chi connectivity index (χ2v) is 13.8. The number of nitrogens with one attached hydrogen (secondary N) is 5. The smallest absolute Gasteiger partial charge is 0.422 e. The molecule has 0 spiro atoms. The highest BCUT2D eigenvalue weighted by Gasteiger charge is 2.45. The molecule has 2 aromatic heterocycles. The summed E-state index contributed by atoms with van der Waals surface area (Å²) < 4.78 is 45.4. The molecule has 1 aliphatic carbocycles. The minimum atomic E-state index is -4.65. The fraction of sp³-hybridized carbons (Fsp3) is 0.263. The van der Waals surface area contributed by atoms with Gasteiger partial charge in [0, 0.05) is 34.2 Å². The molecule has 1 saturated carbocycles. The Hall–Kier alpha value is -6.76. The first-order valence-corrected chi connectivity index (χ1v) is 18.1. The first-order chi connectivity index (χ1) is 27.6. The highest BCUT2D eigenvalue weighted by molar-refractivity contribution is 6.39. The number of hydrogen-bond donors (Lipinski definition) is 6. The largest absolute Gasteiger partial charge is 0.480 e. The van der Waals surface area contributed by atoms with Crippen LogP contribution in [0, 0.1) is 13.8 Å². The monoisotopic (exact) mass is 820 g/mol. The predicted octanol–water partition coefficient (Wildman–Crippen LogP) is 5.44. The van der Waals surface area contributed by atoms with Crippen LogP contribution in [0.1, 0.15) is 46.6 Å². The van der Waals surface area contributed by atoms with Crippen LogP contribution in [0.15, 0.2) is 78.9 Å². The zero-order valence-corrected chi connectivity index (χ0v) is 31.6. The van der Waals surface area contributed by atoms with E-state index in [2.05, 4.69) is 46.6 Å². The van der Waals surface area contributed by atoms with Crippen molar-refractivity contribution in [1.29, 1.82) is 0 Å². The van der Waals surface area contributed by atoms with E-state index in [1.54, 1.807) is 41.1 Å². The quantitative estimate of drug-likeness (QED) is 0.0729. The summed E-state index contributed by atoms with van der Waals surface area (Å²) in [4.78, 5) is 62.1. The Morgan fingerprint density at radius 1 is 0.897 bits per heavy atom. The number of benzene rings is 3. The SMILES string of the molecule is Cc1cc(C)n(-c2ccc(NC(=O)C(=O)NCC[C@H](NC(=O)c3ccc(Nc4nc(NC5(c6ccc(Cl)cc6)CC5)nc(OCC(F)(F)F)n4)cc3)C(=O)O)cc2)n1. The number of carboxylic acids is 1. The van der Waals surface area contributed by atoms with Gasteiger partial charge in [0.05, 0.1) is 16.9 Å². The van der Waals surface area contributed by atoms with Crippen molar-refractivity contribution in [2.45, 2.75) is 50.9 Å². The number of anilines is 4. The minimum Gasteiger partial charge on any atom is -0.480 e. The Morgan fingerprint density at radius 2 is 1.55 bits per heavy atom. The number of nitrogens with zero attached hydrogens (tertiary/aromatic N) is 5. The summed E-state index contributed by atoms with van der Waals surface area (Å²) in [6, 6.07) is 19.3. The summed E-state index contributed by atoms with van der Waals surface area (Å²) in [7, 11) is 0. The Balaban J connectivity index is 1.02. The molecule has 3 amide bonds. The number of alkyl halides is 3. The molecule has 3 aromatic carbocycles. The van der Waals surface area contributed by atoms with Gasteiger partial charge in [-0.2, -0.15) is 33.2 Å². The predicted molar refractivity (Wildman–Crippen MR) is 205 cm³/mol. The topological polar surface area (TPSA) is 214 Å². The molecule has 20 heteroatoms. The van der Waals surface area contributed by atoms with Crippen molar-refractivity contribution in [3.63, 3.8) is 0 Å². The lowest BCUT2D eigenvalue weighted by Gasteiger charge is -2.19. The number of halogens is 4. The zero-order valence-electron chi connectivity index (χ0n) is 30.9. The van der Waals surface area contributed by atoms with Crippen molar-refractivity contribution in [3.05, 3.63) is 106 Å². The number of aryl methyl sites for hydroxylation is 2. The molecule has 6 N–H and O–H groups in total. The van der Waals surface area contributed by atoms with E-state index < -0.39 is 54.1 Å². The Kier molecular flexibility index (Phi) is 12.1. The second-order valence-electron chi connectivity index (χ2n) is 13.3. The standard InChI is InChI=1S/C38H36ClF3N10O6/c1-21-19-22(2)52(51-21)28-13-11-26(12-14-28)44-32(55)31(54)43-18-15-29(33(56)57)46-30(53)23-3-9-27(10-4-23)45-34-47-35(49-36(48-34)58-20-38(40,41)42)50-37(16-17-37)24-5-7-25(39)8-6-24/h3-14,19,29H,15-18,20H2,1-2H3,(H,43,54)(H,44,55)(H,46,53)(H,56,57)(H2,45,47,48,49,50)/t29-/m0/s1. The van der Waals surface area contributed by atoms with Gasteiger partial charge in [0.1, 0.15) is 6.04 Å². The van der Waals surface area contributed by atoms with Crippen LogP contribution in [0.5, 0.6) is 6.01 Å². The normalized spacial score (nSPS) is 13.5. The van der Waals surface area contributed by atoms with Crippen molar-refractivity contribution < 1.29 is 42.2 Å². The first kappa shape index (κ1) is 40.9. The van der Waals surface area contributed by atoms with Crippen LogP contribution in [-0.2, 0) is 19.9 Å². The number of carbonyl (C=O) groups is 4. The van der Waals surface area contributed by atoms with Crippen LogP contribution < -0.4 is 31.3 Å². The molecule has 6 rings (SSSR count). The first-order valence-electron chi connectivity index (χ1n) is 17.7. The summed E-state index contributed by atoms with van der Waals surface area (Å²) in [5, 5.41) is 27.9. The molecule has 302 valence electrons. The molecular formula is C38H36ClF3N10O6. The summed E-state index contributed by atoms with van der Waals surface area (Å²) in [6.45, 7) is 1.89. The van der Waals surface area contributed by atoms with Gasteiger partial charge in [-0.3, -0.25) is 14.4 Å². The summed E-state index contributed by atoms with van der Waals surface area (Å²) >= 11 is 6.03. The van der Waals surface area contributed by atoms with Crippen LogP contribution >= 0.6 is 11.6 Å². The number of carbonyl (C=O) groups excluding carboxylic acids is 3. The summed E-state index contributed by atoms with van der Waals surface area (Å²) in [5.74, 6) is -4.30. The Bertz CT molecular complexity index is 2300. The van der Waals surface area contributed by atoms with Crippen LogP contribution in [0.2, 0.25) is 5.02 Å². The van der Waals surface area contributed by atoms with E-state index in [1.165, 1.54) is 24.3 Å². The van der Waals surface area contributed by atoms with Crippen LogP contribution in [0.3, 0.4) is 0 Å². The van der Waals surface area contributed by atoms with E-state index in [0.717, 1.165) is 22.6 Å². The van der Waals surface area contributed by atoms with Crippen LogP contribution in [0.25, 0.3) is 5.69 Å². The summed E-state index contributed by atoms with van der Waals surface area (Å²) in [5.41, 5.74) is 3.59. The van der Waals surface area contributed by atoms with Gasteiger partial charge in [0.15, 0.2) is 6.61 Å². The van der Waals surface area contributed by atoms with Gasteiger partial charge in [-0.15, -0.1) is 0 Å². The molecule has 0 unspecified atom stereocenters. The third kappa shape index (κ3) is 10.8. The van der Waals surface area contributed by atoms with Crippen LogP contribution in [-0.4, -0.2) is 78.9 Å². The molecular weight excluding hydrogens is 785 g/mol. The van der Waals surface area contributed by atoms with Gasteiger partial charge in [-0.05, 0) is 105 Å². The fourth-order valence-electron chi connectivity index (χ4n) is 5.78. The van der Waals surface area contributed by atoms with Gasteiger partial charge >= 0.3 is 30.0 Å². The molecule has 0 aliphatic heterocycles. The van der Waals surface area contributed by atoms with Crippen molar-refractivity contribution in [3.8, 4) is 11.7 Å². The molecule has 2 heterocycles.